The molecule has 5 rings (SSSR count). The van der Waals surface area contributed by atoms with Crippen molar-refractivity contribution >= 4 is 10.9 Å². The van der Waals surface area contributed by atoms with Crippen molar-refractivity contribution in [2.24, 2.45) is 0 Å². The summed E-state index contributed by atoms with van der Waals surface area (Å²) in [6, 6.07) is 8.89. The highest BCUT2D eigenvalue weighted by Gasteiger charge is 2.20. The van der Waals surface area contributed by atoms with Crippen LogP contribution in [0.25, 0.3) is 33.4 Å². The fourth-order valence-electron chi connectivity index (χ4n) is 3.72. The maximum atomic E-state index is 14.3. The number of ether oxygens (including phenoxy) is 1. The van der Waals surface area contributed by atoms with E-state index in [-0.39, 0.29) is 11.7 Å². The number of nitrogens with one attached hydrogen (secondary N) is 2. The Balaban J connectivity index is 1.53. The molecule has 2 aromatic carbocycles. The lowest BCUT2D eigenvalue weighted by Gasteiger charge is -2.25. The van der Waals surface area contributed by atoms with Gasteiger partial charge in [0.2, 0.25) is 5.88 Å². The second-order valence-corrected chi connectivity index (χ2v) is 7.39. The van der Waals surface area contributed by atoms with E-state index in [1.807, 2.05) is 0 Å². The molecule has 1 fully saturated rings. The van der Waals surface area contributed by atoms with Gasteiger partial charge in [0.25, 0.3) is 0 Å². The maximum Gasteiger partial charge on any atom is 0.233 e. The lowest BCUT2D eigenvalue weighted by atomic mass is 10.0. The number of hydrogen-bond donors (Lipinski definition) is 2. The monoisotopic (exact) mass is 419 g/mol. The first kappa shape index (κ1) is 19.3. The number of aromatic amines is 1. The minimum Gasteiger partial charge on any atom is -0.467 e. The van der Waals surface area contributed by atoms with E-state index in [9.17, 15) is 8.78 Å². The molecule has 1 aliphatic heterocycles. The molecule has 0 amide bonds. The molecule has 1 saturated heterocycles. The van der Waals surface area contributed by atoms with E-state index >= 15 is 0 Å². The van der Waals surface area contributed by atoms with Crippen LogP contribution in [0.15, 0.2) is 60.9 Å². The third kappa shape index (κ3) is 3.66. The third-order valence-electron chi connectivity index (χ3n) is 5.34. The molecule has 2 aromatic heterocycles. The van der Waals surface area contributed by atoms with Crippen molar-refractivity contribution in [1.29, 1.82) is 0 Å². The van der Waals surface area contributed by atoms with Gasteiger partial charge in [0, 0.05) is 11.9 Å². The van der Waals surface area contributed by atoms with Crippen LogP contribution in [0, 0.1) is 11.6 Å². The Morgan fingerprint density at radius 3 is 2.74 bits per heavy atom. The Morgan fingerprint density at radius 2 is 1.94 bits per heavy atom. The van der Waals surface area contributed by atoms with Gasteiger partial charge in [-0.05, 0) is 48.4 Å². The van der Waals surface area contributed by atoms with Gasteiger partial charge in [0.05, 0.1) is 23.5 Å². The van der Waals surface area contributed by atoms with Crippen LogP contribution in [0.1, 0.15) is 6.42 Å². The largest absolute Gasteiger partial charge is 0.467 e. The smallest absolute Gasteiger partial charge is 0.233 e. The quantitative estimate of drug-likeness (QED) is 0.484. The Labute approximate surface area is 177 Å². The van der Waals surface area contributed by atoms with Crippen LogP contribution in [-0.2, 0) is 0 Å². The minimum atomic E-state index is -0.624. The van der Waals surface area contributed by atoms with Crippen LogP contribution < -0.4 is 10.1 Å². The minimum absolute atomic E-state index is 0.0805. The van der Waals surface area contributed by atoms with E-state index in [0.29, 0.717) is 40.3 Å². The van der Waals surface area contributed by atoms with Gasteiger partial charge in [-0.3, -0.25) is 10.1 Å². The standard InChI is InChI=1S/C23H19F2N5O/c1-13-7-8-26-11-20(13)31-21-12-27-10-19(28-21)23-15-9-14(5-6-18(15)29-30-23)22-16(24)3-2-4-17(22)25/h2-6,9-10,12,20,26H,1,7-8,11H2,(H,29,30)/t20-/m1/s1. The number of piperidine rings is 1. The van der Waals surface area contributed by atoms with Crippen molar-refractivity contribution in [1.82, 2.24) is 25.5 Å². The predicted octanol–water partition coefficient (Wildman–Crippen LogP) is 4.26. The highest BCUT2D eigenvalue weighted by atomic mass is 19.1. The van der Waals surface area contributed by atoms with Crippen molar-refractivity contribution < 1.29 is 13.5 Å². The summed E-state index contributed by atoms with van der Waals surface area (Å²) in [5.74, 6) is -0.887. The molecule has 4 aromatic rings. The van der Waals surface area contributed by atoms with E-state index in [1.165, 1.54) is 18.2 Å². The van der Waals surface area contributed by atoms with Gasteiger partial charge in [-0.15, -0.1) is 0 Å². The zero-order chi connectivity index (χ0) is 21.4. The zero-order valence-electron chi connectivity index (χ0n) is 16.5. The van der Waals surface area contributed by atoms with Crippen LogP contribution in [0.4, 0.5) is 8.78 Å². The fraction of sp³-hybridized carbons (Fsp3) is 0.174. The van der Waals surface area contributed by atoms with Crippen LogP contribution in [0.3, 0.4) is 0 Å². The third-order valence-corrected chi connectivity index (χ3v) is 5.34. The van der Waals surface area contributed by atoms with Crippen molar-refractivity contribution in [2.75, 3.05) is 13.1 Å². The molecular formula is C23H19F2N5O. The second kappa shape index (κ2) is 7.88. The molecule has 31 heavy (non-hydrogen) atoms. The number of H-pyrrole nitrogens is 1. The summed E-state index contributed by atoms with van der Waals surface area (Å²) < 4.78 is 34.5. The molecule has 0 spiro atoms. The molecule has 156 valence electrons. The highest BCUT2D eigenvalue weighted by molar-refractivity contribution is 5.94. The Morgan fingerprint density at radius 1 is 1.10 bits per heavy atom. The SMILES string of the molecule is C=C1CCNC[C@H]1Oc1cncc(-c2n[nH]c3ccc(-c4c(F)cccc4F)cc23)n1. The summed E-state index contributed by atoms with van der Waals surface area (Å²) in [4.78, 5) is 8.78. The summed E-state index contributed by atoms with van der Waals surface area (Å²) in [7, 11) is 0. The number of fused-ring (bicyclic) bond motifs is 1. The molecule has 3 heterocycles. The molecule has 0 radical (unpaired) electrons. The Hall–Kier alpha value is -3.65. The molecule has 1 aliphatic rings. The van der Waals surface area contributed by atoms with Crippen molar-refractivity contribution in [2.45, 2.75) is 12.5 Å². The van der Waals surface area contributed by atoms with Crippen molar-refractivity contribution in [3.05, 3.63) is 72.6 Å². The van der Waals surface area contributed by atoms with E-state index in [0.717, 1.165) is 18.5 Å². The number of halogens is 2. The molecule has 8 heteroatoms. The number of benzene rings is 2. The van der Waals surface area contributed by atoms with Crippen LogP contribution >= 0.6 is 0 Å². The van der Waals surface area contributed by atoms with Gasteiger partial charge in [-0.2, -0.15) is 5.10 Å². The molecular weight excluding hydrogens is 400 g/mol. The van der Waals surface area contributed by atoms with Crippen LogP contribution in [0.5, 0.6) is 5.88 Å². The first-order valence-electron chi connectivity index (χ1n) is 9.90. The van der Waals surface area contributed by atoms with Crippen LogP contribution in [-0.4, -0.2) is 39.4 Å². The van der Waals surface area contributed by atoms with Gasteiger partial charge in [0.15, 0.2) is 0 Å². The van der Waals surface area contributed by atoms with E-state index in [1.54, 1.807) is 30.6 Å². The van der Waals surface area contributed by atoms with Crippen LogP contribution in [0.2, 0.25) is 0 Å². The van der Waals surface area contributed by atoms with E-state index in [4.69, 9.17) is 4.74 Å². The van der Waals surface area contributed by atoms with Gasteiger partial charge in [-0.1, -0.05) is 18.7 Å². The normalized spacial score (nSPS) is 16.6. The fourth-order valence-corrected chi connectivity index (χ4v) is 3.72. The summed E-state index contributed by atoms with van der Waals surface area (Å²) >= 11 is 0. The highest BCUT2D eigenvalue weighted by Crippen LogP contribution is 2.32. The summed E-state index contributed by atoms with van der Waals surface area (Å²) in [6.45, 7) is 5.61. The molecule has 0 saturated carbocycles. The second-order valence-electron chi connectivity index (χ2n) is 7.39. The summed E-state index contributed by atoms with van der Waals surface area (Å²) in [6.07, 6.45) is 3.79. The van der Waals surface area contributed by atoms with Gasteiger partial charge < -0.3 is 10.1 Å². The number of nitrogens with zero attached hydrogens (tertiary/aromatic N) is 3. The van der Waals surface area contributed by atoms with Crippen molar-refractivity contribution in [3.63, 3.8) is 0 Å². The molecule has 2 N–H and O–H groups in total. The lowest BCUT2D eigenvalue weighted by Crippen LogP contribution is -2.39. The molecule has 6 nitrogen and oxygen atoms in total. The Bertz CT molecular complexity index is 1270. The summed E-state index contributed by atoms with van der Waals surface area (Å²) in [5.41, 5.74) is 3.07. The first-order chi connectivity index (χ1) is 15.1. The topological polar surface area (TPSA) is 75.7 Å². The van der Waals surface area contributed by atoms with Gasteiger partial charge in [0.1, 0.15) is 29.1 Å². The van der Waals surface area contributed by atoms with E-state index < -0.39 is 11.6 Å². The van der Waals surface area contributed by atoms with Gasteiger partial charge >= 0.3 is 0 Å². The average molecular weight is 419 g/mol. The zero-order valence-corrected chi connectivity index (χ0v) is 16.5. The van der Waals surface area contributed by atoms with Gasteiger partial charge in [-0.25, -0.2) is 13.8 Å². The number of aromatic nitrogens is 4. The lowest BCUT2D eigenvalue weighted by molar-refractivity contribution is 0.207. The first-order valence-corrected chi connectivity index (χ1v) is 9.90. The molecule has 0 unspecified atom stereocenters. The predicted molar refractivity (Wildman–Crippen MR) is 114 cm³/mol. The summed E-state index contributed by atoms with van der Waals surface area (Å²) in [5, 5.41) is 11.2. The Kier molecular flexibility index (Phi) is 4.91. The maximum absolute atomic E-state index is 14.3. The number of rotatable bonds is 4. The molecule has 0 aliphatic carbocycles. The molecule has 0 bridgehead atoms. The molecule has 1 atom stereocenters. The van der Waals surface area contributed by atoms with E-state index in [2.05, 4.69) is 32.1 Å². The van der Waals surface area contributed by atoms with Crippen molar-refractivity contribution in [3.8, 4) is 28.4 Å². The average Bonchev–Trinajstić information content (AvgIpc) is 3.19. The number of hydrogen-bond acceptors (Lipinski definition) is 5.